The number of halogens is 2. The molecule has 20 heavy (non-hydrogen) atoms. The molecule has 0 fully saturated rings. The van der Waals surface area contributed by atoms with Crippen LogP contribution in [-0.2, 0) is 6.54 Å². The smallest absolute Gasteiger partial charge is 0.151 e. The molecule has 0 saturated carbocycles. The number of rotatable bonds is 3. The Bertz CT molecular complexity index is 611. The van der Waals surface area contributed by atoms with Gasteiger partial charge in [0, 0.05) is 6.54 Å². The maximum Gasteiger partial charge on any atom is 0.151 e. The third-order valence-electron chi connectivity index (χ3n) is 4.05. The van der Waals surface area contributed by atoms with Crippen molar-refractivity contribution in [3.8, 4) is 0 Å². The molecule has 1 heterocycles. The summed E-state index contributed by atoms with van der Waals surface area (Å²) >= 11 is 6.22. The maximum absolute atomic E-state index is 13.9. The van der Waals surface area contributed by atoms with E-state index in [-0.39, 0.29) is 16.6 Å². The lowest BCUT2D eigenvalue weighted by Gasteiger charge is -2.28. The molecule has 0 radical (unpaired) electrons. The Morgan fingerprint density at radius 3 is 2.50 bits per heavy atom. The number of aromatic nitrogens is 2. The van der Waals surface area contributed by atoms with Gasteiger partial charge in [-0.15, -0.1) is 11.6 Å². The van der Waals surface area contributed by atoms with Gasteiger partial charge in [-0.25, -0.2) is 9.37 Å². The van der Waals surface area contributed by atoms with Crippen LogP contribution >= 0.6 is 11.6 Å². The fourth-order valence-corrected chi connectivity index (χ4v) is 2.34. The van der Waals surface area contributed by atoms with E-state index in [4.69, 9.17) is 11.6 Å². The molecule has 2 atom stereocenters. The second kappa shape index (κ2) is 5.36. The van der Waals surface area contributed by atoms with E-state index in [9.17, 15) is 4.39 Å². The van der Waals surface area contributed by atoms with Crippen molar-refractivity contribution < 1.29 is 4.39 Å². The first kappa shape index (κ1) is 15.3. The van der Waals surface area contributed by atoms with Gasteiger partial charge < -0.3 is 4.57 Å². The zero-order valence-electron chi connectivity index (χ0n) is 12.7. The largest absolute Gasteiger partial charge is 0.326 e. The van der Waals surface area contributed by atoms with Crippen LogP contribution in [0.2, 0.25) is 0 Å². The summed E-state index contributed by atoms with van der Waals surface area (Å²) in [6.07, 6.45) is 0. The lowest BCUT2D eigenvalue weighted by atomic mass is 9.82. The van der Waals surface area contributed by atoms with Gasteiger partial charge in [0.05, 0.1) is 10.9 Å². The Hall–Kier alpha value is -1.09. The number of nitrogens with zero attached hydrogens (tertiary/aromatic N) is 2. The van der Waals surface area contributed by atoms with E-state index in [0.29, 0.717) is 11.4 Å². The van der Waals surface area contributed by atoms with E-state index in [0.717, 1.165) is 17.9 Å². The molecule has 2 nitrogen and oxygen atoms in total. The first-order valence-corrected chi connectivity index (χ1v) is 7.44. The van der Waals surface area contributed by atoms with Crippen LogP contribution in [0.3, 0.4) is 0 Å². The molecule has 0 aliphatic carbocycles. The minimum atomic E-state index is -0.289. The van der Waals surface area contributed by atoms with Gasteiger partial charge in [0.2, 0.25) is 0 Å². The first-order valence-electron chi connectivity index (χ1n) is 7.00. The normalized spacial score (nSPS) is 15.6. The molecule has 0 saturated heterocycles. The number of hydrogen-bond donors (Lipinski definition) is 0. The number of hydrogen-bond acceptors (Lipinski definition) is 1. The lowest BCUT2D eigenvalue weighted by Crippen LogP contribution is -2.23. The van der Waals surface area contributed by atoms with Gasteiger partial charge in [-0.2, -0.15) is 0 Å². The summed E-state index contributed by atoms with van der Waals surface area (Å²) in [6, 6.07) is 5.07. The predicted octanol–water partition coefficient (Wildman–Crippen LogP) is 5.16. The highest BCUT2D eigenvalue weighted by Gasteiger charge is 2.24. The van der Waals surface area contributed by atoms with Crippen molar-refractivity contribution in [3.63, 3.8) is 0 Å². The molecule has 2 aromatic rings. The Balaban J connectivity index is 2.55. The van der Waals surface area contributed by atoms with Crippen molar-refractivity contribution in [2.24, 2.45) is 11.3 Å². The van der Waals surface area contributed by atoms with Gasteiger partial charge in [-0.05, 0) is 30.4 Å². The van der Waals surface area contributed by atoms with Gasteiger partial charge in [-0.3, -0.25) is 0 Å². The molecule has 0 bridgehead atoms. The van der Waals surface area contributed by atoms with Gasteiger partial charge >= 0.3 is 0 Å². The van der Waals surface area contributed by atoms with E-state index in [2.05, 4.69) is 37.2 Å². The number of alkyl halides is 1. The molecule has 4 heteroatoms. The fourth-order valence-electron chi connectivity index (χ4n) is 2.17. The summed E-state index contributed by atoms with van der Waals surface area (Å²) < 4.78 is 16.0. The van der Waals surface area contributed by atoms with E-state index in [1.807, 2.05) is 13.0 Å². The molecule has 0 spiro atoms. The minimum Gasteiger partial charge on any atom is -0.326 e. The maximum atomic E-state index is 13.9. The molecule has 0 aliphatic rings. The van der Waals surface area contributed by atoms with Crippen LogP contribution in [0.1, 0.15) is 45.8 Å². The van der Waals surface area contributed by atoms with Crippen LogP contribution in [0.15, 0.2) is 18.2 Å². The average molecular weight is 297 g/mol. The monoisotopic (exact) mass is 296 g/mol. The topological polar surface area (TPSA) is 17.8 Å². The third kappa shape index (κ3) is 2.83. The molecule has 0 aliphatic heterocycles. The highest BCUT2D eigenvalue weighted by Crippen LogP contribution is 2.31. The van der Waals surface area contributed by atoms with Crippen molar-refractivity contribution in [2.75, 3.05) is 0 Å². The van der Waals surface area contributed by atoms with Gasteiger partial charge in [0.15, 0.2) is 5.82 Å². The number of benzene rings is 1. The first-order chi connectivity index (χ1) is 9.21. The van der Waals surface area contributed by atoms with Gasteiger partial charge in [0.1, 0.15) is 11.3 Å². The highest BCUT2D eigenvalue weighted by molar-refractivity contribution is 6.20. The quantitative estimate of drug-likeness (QED) is 0.716. The van der Waals surface area contributed by atoms with E-state index >= 15 is 0 Å². The second-order valence-corrected chi connectivity index (χ2v) is 7.23. The summed E-state index contributed by atoms with van der Waals surface area (Å²) in [5.74, 6) is 0.878. The molecule has 2 unspecified atom stereocenters. The van der Waals surface area contributed by atoms with Crippen LogP contribution in [0.25, 0.3) is 11.0 Å². The summed E-state index contributed by atoms with van der Waals surface area (Å²) in [4.78, 5) is 4.40. The second-order valence-electron chi connectivity index (χ2n) is 6.57. The van der Waals surface area contributed by atoms with Crippen molar-refractivity contribution >= 4 is 22.6 Å². The van der Waals surface area contributed by atoms with Crippen molar-refractivity contribution in [1.82, 2.24) is 9.55 Å². The highest BCUT2D eigenvalue weighted by atomic mass is 35.5. The molecule has 0 amide bonds. The van der Waals surface area contributed by atoms with E-state index in [1.165, 1.54) is 6.07 Å². The summed E-state index contributed by atoms with van der Waals surface area (Å²) in [6.45, 7) is 11.5. The Morgan fingerprint density at radius 1 is 1.30 bits per heavy atom. The van der Waals surface area contributed by atoms with E-state index in [1.54, 1.807) is 6.07 Å². The molecule has 2 rings (SSSR count). The Morgan fingerprint density at radius 2 is 1.95 bits per heavy atom. The molecular weight excluding hydrogens is 275 g/mol. The van der Waals surface area contributed by atoms with Crippen LogP contribution in [0.4, 0.5) is 4.39 Å². The summed E-state index contributed by atoms with van der Waals surface area (Å²) in [7, 11) is 0. The average Bonchev–Trinajstić information content (AvgIpc) is 2.69. The molecule has 1 aromatic heterocycles. The van der Waals surface area contributed by atoms with Crippen molar-refractivity contribution in [1.29, 1.82) is 0 Å². The minimum absolute atomic E-state index is 0.177. The summed E-state index contributed by atoms with van der Waals surface area (Å²) in [5, 5.41) is -0.242. The number of imidazole rings is 1. The van der Waals surface area contributed by atoms with Crippen LogP contribution in [0.5, 0.6) is 0 Å². The third-order valence-corrected chi connectivity index (χ3v) is 4.24. The Kier molecular flexibility index (Phi) is 4.10. The molecular formula is C16H22ClFN2. The van der Waals surface area contributed by atoms with Crippen LogP contribution < -0.4 is 0 Å². The molecule has 0 N–H and O–H groups in total. The van der Waals surface area contributed by atoms with Crippen molar-refractivity contribution in [2.45, 2.75) is 46.5 Å². The zero-order valence-corrected chi connectivity index (χ0v) is 13.5. The van der Waals surface area contributed by atoms with E-state index < -0.39 is 0 Å². The van der Waals surface area contributed by atoms with Gasteiger partial charge in [-0.1, -0.05) is 33.8 Å². The van der Waals surface area contributed by atoms with Crippen LogP contribution in [0, 0.1) is 17.2 Å². The fraction of sp³-hybridized carbons (Fsp3) is 0.562. The van der Waals surface area contributed by atoms with Crippen LogP contribution in [-0.4, -0.2) is 9.55 Å². The molecule has 1 aromatic carbocycles. The number of para-hydroxylation sites is 1. The Labute approximate surface area is 125 Å². The number of fused-ring (bicyclic) bond motifs is 1. The summed E-state index contributed by atoms with van der Waals surface area (Å²) in [5.41, 5.74) is 1.41. The van der Waals surface area contributed by atoms with Crippen molar-refractivity contribution in [3.05, 3.63) is 29.8 Å². The standard InChI is InChI=1S/C16H22ClFN2/c1-10(16(3,4)5)9-20-13-8-6-7-12(18)14(13)19-15(20)11(2)17/h6-8,10-11H,9H2,1-5H3. The lowest BCUT2D eigenvalue weighted by molar-refractivity contribution is 0.233. The van der Waals surface area contributed by atoms with Gasteiger partial charge in [0.25, 0.3) is 0 Å². The SMILES string of the molecule is CC(Cl)c1nc2c(F)cccc2n1CC(C)C(C)(C)C. The zero-order chi connectivity index (χ0) is 15.1. The predicted molar refractivity (Wildman–Crippen MR) is 82.6 cm³/mol. The molecule has 110 valence electrons.